The van der Waals surface area contributed by atoms with E-state index in [9.17, 15) is 9.59 Å². The van der Waals surface area contributed by atoms with Crippen LogP contribution in [0.2, 0.25) is 0 Å². The monoisotopic (exact) mass is 308 g/mol. The van der Waals surface area contributed by atoms with E-state index in [-0.39, 0.29) is 23.9 Å². The first kappa shape index (κ1) is 15.5. The Hall–Kier alpha value is -1.89. The third kappa shape index (κ3) is 3.41. The maximum Gasteiger partial charge on any atom is 0.267 e. The van der Waals surface area contributed by atoms with E-state index >= 15 is 0 Å². The molecule has 7 heteroatoms. The Morgan fingerprint density at radius 1 is 1.33 bits per heavy atom. The average molecular weight is 308 g/mol. The number of aromatic nitrogens is 3. The minimum atomic E-state index is -0.239. The van der Waals surface area contributed by atoms with Crippen LogP contribution in [0.4, 0.5) is 0 Å². The molecule has 0 aromatic carbocycles. The average Bonchev–Trinajstić information content (AvgIpc) is 2.93. The van der Waals surface area contributed by atoms with Crippen LogP contribution in [0.3, 0.4) is 0 Å². The summed E-state index contributed by atoms with van der Waals surface area (Å²) in [4.78, 5) is 29.4. The van der Waals surface area contributed by atoms with Crippen LogP contribution in [0.5, 0.6) is 0 Å². The van der Waals surface area contributed by atoms with E-state index in [0.717, 1.165) is 22.0 Å². The molecule has 21 heavy (non-hydrogen) atoms. The molecule has 0 radical (unpaired) electrons. The molecule has 2 heterocycles. The van der Waals surface area contributed by atoms with Gasteiger partial charge in [-0.1, -0.05) is 6.92 Å². The Morgan fingerprint density at radius 2 is 2.05 bits per heavy atom. The summed E-state index contributed by atoms with van der Waals surface area (Å²) in [6.45, 7) is 7.76. The van der Waals surface area contributed by atoms with Gasteiger partial charge in [-0.2, -0.15) is 0 Å². The lowest BCUT2D eigenvalue weighted by Crippen LogP contribution is -2.30. The number of carbonyl (C=O) groups is 1. The topological polar surface area (TPSA) is 90.6 Å². The third-order valence-corrected chi connectivity index (χ3v) is 4.70. The molecule has 2 aromatic rings. The first-order chi connectivity index (χ1) is 9.92. The van der Waals surface area contributed by atoms with Crippen molar-refractivity contribution < 1.29 is 4.79 Å². The van der Waals surface area contributed by atoms with E-state index in [0.29, 0.717) is 11.3 Å². The Morgan fingerprint density at radius 3 is 2.52 bits per heavy atom. The molecule has 114 valence electrons. The molecule has 0 saturated carbocycles. The number of H-pyrrole nitrogens is 2. The van der Waals surface area contributed by atoms with Gasteiger partial charge >= 0.3 is 0 Å². The van der Waals surface area contributed by atoms with Gasteiger partial charge in [0, 0.05) is 16.1 Å². The molecule has 0 aliphatic rings. The van der Waals surface area contributed by atoms with Crippen LogP contribution >= 0.6 is 11.3 Å². The summed E-state index contributed by atoms with van der Waals surface area (Å²) in [5.74, 6) is -0.166. The summed E-state index contributed by atoms with van der Waals surface area (Å²) in [6, 6.07) is -0.103. The highest BCUT2D eigenvalue weighted by Crippen LogP contribution is 2.24. The van der Waals surface area contributed by atoms with Gasteiger partial charge in [-0.05, 0) is 27.2 Å². The van der Waals surface area contributed by atoms with Gasteiger partial charge < -0.3 is 10.4 Å². The SMILES string of the molecule is CC[C@@H](NC(=O)Cc1c(C)[nH][nH]c1=O)c1nc(C)c(C)s1. The van der Waals surface area contributed by atoms with E-state index in [2.05, 4.69) is 20.5 Å². The Labute approximate surface area is 127 Å². The van der Waals surface area contributed by atoms with Crippen molar-refractivity contribution in [1.82, 2.24) is 20.5 Å². The van der Waals surface area contributed by atoms with Gasteiger partial charge in [-0.3, -0.25) is 14.7 Å². The summed E-state index contributed by atoms with van der Waals surface area (Å²) >= 11 is 1.60. The number of nitrogens with one attached hydrogen (secondary N) is 3. The number of thiazole rings is 1. The van der Waals surface area contributed by atoms with E-state index in [1.807, 2.05) is 20.8 Å². The molecule has 6 nitrogen and oxygen atoms in total. The van der Waals surface area contributed by atoms with Gasteiger partial charge in [0.2, 0.25) is 5.91 Å². The van der Waals surface area contributed by atoms with Crippen molar-refractivity contribution in [1.29, 1.82) is 0 Å². The highest BCUT2D eigenvalue weighted by atomic mass is 32.1. The maximum absolute atomic E-state index is 12.1. The standard InChI is InChI=1S/C14H20N4O2S/c1-5-11(14-15-7(2)9(4)21-14)16-12(19)6-10-8(3)17-18-13(10)20/h11H,5-6H2,1-4H3,(H,16,19)(H2,17,18,20)/t11-/m1/s1. The minimum Gasteiger partial charge on any atom is -0.347 e. The molecule has 0 fully saturated rings. The summed E-state index contributed by atoms with van der Waals surface area (Å²) in [5.41, 5.74) is 1.94. The lowest BCUT2D eigenvalue weighted by molar-refractivity contribution is -0.121. The van der Waals surface area contributed by atoms with Crippen molar-refractivity contribution in [2.24, 2.45) is 0 Å². The van der Waals surface area contributed by atoms with Crippen molar-refractivity contribution in [3.05, 3.63) is 37.2 Å². The molecular weight excluding hydrogens is 288 g/mol. The van der Waals surface area contributed by atoms with E-state index in [1.165, 1.54) is 0 Å². The predicted molar refractivity (Wildman–Crippen MR) is 82.6 cm³/mol. The maximum atomic E-state index is 12.1. The number of hydrogen-bond acceptors (Lipinski definition) is 4. The van der Waals surface area contributed by atoms with Crippen LogP contribution < -0.4 is 10.9 Å². The molecule has 1 atom stereocenters. The zero-order valence-electron chi connectivity index (χ0n) is 12.7. The van der Waals surface area contributed by atoms with Crippen molar-refractivity contribution in [3.63, 3.8) is 0 Å². The molecular formula is C14H20N4O2S. The first-order valence-corrected chi connectivity index (χ1v) is 7.73. The molecule has 0 aliphatic carbocycles. The van der Waals surface area contributed by atoms with Crippen molar-refractivity contribution in [3.8, 4) is 0 Å². The molecule has 0 unspecified atom stereocenters. The number of aryl methyl sites for hydroxylation is 3. The second-order valence-corrected chi connectivity index (χ2v) is 6.32. The number of rotatable bonds is 5. The van der Waals surface area contributed by atoms with Crippen LogP contribution in [0, 0.1) is 20.8 Å². The van der Waals surface area contributed by atoms with Crippen molar-refractivity contribution >= 4 is 17.2 Å². The summed E-state index contributed by atoms with van der Waals surface area (Å²) in [5, 5.41) is 9.08. The largest absolute Gasteiger partial charge is 0.347 e. The van der Waals surface area contributed by atoms with Gasteiger partial charge in [0.15, 0.2) is 0 Å². The number of nitrogens with zero attached hydrogens (tertiary/aromatic N) is 1. The highest BCUT2D eigenvalue weighted by Gasteiger charge is 2.19. The predicted octanol–water partition coefficient (Wildman–Crippen LogP) is 1.89. The number of hydrogen-bond donors (Lipinski definition) is 3. The van der Waals surface area contributed by atoms with Gasteiger partial charge in [-0.15, -0.1) is 11.3 Å². The van der Waals surface area contributed by atoms with Crippen molar-refractivity contribution in [2.45, 2.75) is 46.6 Å². The zero-order valence-corrected chi connectivity index (χ0v) is 13.5. The molecule has 2 rings (SSSR count). The van der Waals surface area contributed by atoms with E-state index < -0.39 is 0 Å². The smallest absolute Gasteiger partial charge is 0.267 e. The molecule has 0 bridgehead atoms. The lowest BCUT2D eigenvalue weighted by atomic mass is 10.1. The Balaban J connectivity index is 2.08. The number of carbonyl (C=O) groups excluding carboxylic acids is 1. The second kappa shape index (κ2) is 6.26. The quantitative estimate of drug-likeness (QED) is 0.788. The van der Waals surface area contributed by atoms with Gasteiger partial charge in [0.05, 0.1) is 18.2 Å². The normalized spacial score (nSPS) is 12.4. The summed E-state index contributed by atoms with van der Waals surface area (Å²) < 4.78 is 0. The van der Waals surface area contributed by atoms with E-state index in [4.69, 9.17) is 0 Å². The highest BCUT2D eigenvalue weighted by molar-refractivity contribution is 7.11. The molecule has 1 amide bonds. The Bertz CT molecular complexity index is 679. The lowest BCUT2D eigenvalue weighted by Gasteiger charge is -2.14. The fourth-order valence-corrected chi connectivity index (χ4v) is 3.13. The molecule has 2 aromatic heterocycles. The van der Waals surface area contributed by atoms with Gasteiger partial charge in [-0.25, -0.2) is 4.98 Å². The van der Waals surface area contributed by atoms with E-state index in [1.54, 1.807) is 18.3 Å². The number of aromatic amines is 2. The zero-order chi connectivity index (χ0) is 15.6. The fourth-order valence-electron chi connectivity index (χ4n) is 2.08. The van der Waals surface area contributed by atoms with Gasteiger partial charge in [0.1, 0.15) is 5.01 Å². The second-order valence-electron chi connectivity index (χ2n) is 5.08. The first-order valence-electron chi connectivity index (χ1n) is 6.91. The van der Waals surface area contributed by atoms with Crippen molar-refractivity contribution in [2.75, 3.05) is 0 Å². The summed E-state index contributed by atoms with van der Waals surface area (Å²) in [7, 11) is 0. The molecule has 0 saturated heterocycles. The number of amides is 1. The third-order valence-electron chi connectivity index (χ3n) is 3.51. The minimum absolute atomic E-state index is 0.0739. The van der Waals surface area contributed by atoms with Crippen LogP contribution in [0.25, 0.3) is 0 Å². The molecule has 3 N–H and O–H groups in total. The molecule has 0 aliphatic heterocycles. The van der Waals surface area contributed by atoms with Crippen LogP contribution in [0.15, 0.2) is 4.79 Å². The fraction of sp³-hybridized carbons (Fsp3) is 0.500. The van der Waals surface area contributed by atoms with Crippen LogP contribution in [-0.2, 0) is 11.2 Å². The molecule has 0 spiro atoms. The Kier molecular flexibility index (Phi) is 4.62. The summed E-state index contributed by atoms with van der Waals surface area (Å²) in [6.07, 6.45) is 0.838. The van der Waals surface area contributed by atoms with Gasteiger partial charge in [0.25, 0.3) is 5.56 Å². The van der Waals surface area contributed by atoms with Crippen LogP contribution in [0.1, 0.15) is 46.2 Å². The van der Waals surface area contributed by atoms with Crippen LogP contribution in [-0.4, -0.2) is 21.1 Å².